The fraction of sp³-hybridized carbons (Fsp3) is 0. The number of nitrogen functional groups attached to an aromatic ring is 1. The summed E-state index contributed by atoms with van der Waals surface area (Å²) in [5, 5.41) is 9.73. The highest BCUT2D eigenvalue weighted by Crippen LogP contribution is 2.26. The Balaban J connectivity index is 2.24. The van der Waals surface area contributed by atoms with E-state index in [0.717, 1.165) is 11.3 Å². The highest BCUT2D eigenvalue weighted by Gasteiger charge is 2.15. The third-order valence-corrected chi connectivity index (χ3v) is 3.25. The summed E-state index contributed by atoms with van der Waals surface area (Å²) in [5.41, 5.74) is 5.41. The molecule has 0 fully saturated rings. The summed E-state index contributed by atoms with van der Waals surface area (Å²) in [5.74, 6) is -1.09. The number of amides is 1. The van der Waals surface area contributed by atoms with Crippen LogP contribution >= 0.6 is 27.3 Å². The van der Waals surface area contributed by atoms with Crippen LogP contribution in [0.15, 0.2) is 22.7 Å². The number of nitrogens with two attached hydrogens (primary N) is 1. The highest BCUT2D eigenvalue weighted by atomic mass is 79.9. The first-order valence-corrected chi connectivity index (χ1v) is 6.03. The van der Waals surface area contributed by atoms with E-state index >= 15 is 0 Å². The smallest absolute Gasteiger partial charge is 0.286 e. The molecule has 0 aliphatic rings. The molecule has 0 spiro atoms. The number of carbonyl (C=O) groups excluding carboxylic acids is 1. The van der Waals surface area contributed by atoms with Crippen LogP contribution in [0.5, 0.6) is 0 Å². The molecule has 0 bridgehead atoms. The number of carbonyl (C=O) groups is 1. The van der Waals surface area contributed by atoms with Gasteiger partial charge in [-0.15, -0.1) is 10.2 Å². The average molecular weight is 317 g/mol. The number of hydrogen-bond acceptors (Lipinski definition) is 5. The number of hydrogen-bond donors (Lipinski definition) is 2. The van der Waals surface area contributed by atoms with E-state index in [1.807, 2.05) is 0 Å². The Labute approximate surface area is 108 Å². The van der Waals surface area contributed by atoms with Crippen LogP contribution in [0.2, 0.25) is 0 Å². The fourth-order valence-electron chi connectivity index (χ4n) is 1.11. The largest absolute Gasteiger partial charge is 0.374 e. The second-order valence-electron chi connectivity index (χ2n) is 3.00. The molecule has 0 aliphatic heterocycles. The minimum Gasteiger partial charge on any atom is -0.374 e. The molecule has 1 amide bonds. The van der Waals surface area contributed by atoms with Crippen molar-refractivity contribution in [3.63, 3.8) is 0 Å². The Bertz CT molecular complexity index is 554. The highest BCUT2D eigenvalue weighted by molar-refractivity contribution is 9.10. The number of para-hydroxylation sites is 1. The predicted octanol–water partition coefficient (Wildman–Crippen LogP) is 2.27. The van der Waals surface area contributed by atoms with Crippen molar-refractivity contribution >= 4 is 44.0 Å². The molecule has 5 nitrogen and oxygen atoms in total. The lowest BCUT2D eigenvalue weighted by atomic mass is 10.3. The van der Waals surface area contributed by atoms with Gasteiger partial charge in [0.05, 0.1) is 5.69 Å². The minimum atomic E-state index is -0.551. The van der Waals surface area contributed by atoms with Gasteiger partial charge in [-0.1, -0.05) is 17.4 Å². The van der Waals surface area contributed by atoms with E-state index in [1.165, 1.54) is 12.1 Å². The molecule has 3 N–H and O–H groups in total. The van der Waals surface area contributed by atoms with Crippen molar-refractivity contribution in [3.8, 4) is 0 Å². The predicted molar refractivity (Wildman–Crippen MR) is 66.4 cm³/mol. The van der Waals surface area contributed by atoms with Crippen LogP contribution in [-0.4, -0.2) is 16.1 Å². The van der Waals surface area contributed by atoms with Crippen LogP contribution in [-0.2, 0) is 0 Å². The summed E-state index contributed by atoms with van der Waals surface area (Å²) in [7, 11) is 0. The van der Waals surface area contributed by atoms with Gasteiger partial charge in [0, 0.05) is 4.47 Å². The zero-order chi connectivity index (χ0) is 12.4. The summed E-state index contributed by atoms with van der Waals surface area (Å²) < 4.78 is 13.9. The number of benzene rings is 1. The Morgan fingerprint density at radius 2 is 2.24 bits per heavy atom. The van der Waals surface area contributed by atoms with Gasteiger partial charge in [-0.05, 0) is 28.1 Å². The summed E-state index contributed by atoms with van der Waals surface area (Å²) in [6.07, 6.45) is 0. The van der Waals surface area contributed by atoms with Gasteiger partial charge in [0.2, 0.25) is 10.1 Å². The van der Waals surface area contributed by atoms with Gasteiger partial charge in [-0.25, -0.2) is 4.39 Å². The van der Waals surface area contributed by atoms with Crippen LogP contribution in [0.1, 0.15) is 9.80 Å². The molecule has 1 aromatic heterocycles. The van der Waals surface area contributed by atoms with Gasteiger partial charge in [-0.3, -0.25) is 4.79 Å². The van der Waals surface area contributed by atoms with Crippen LogP contribution in [0, 0.1) is 5.82 Å². The third-order valence-electron chi connectivity index (χ3n) is 1.84. The average Bonchev–Trinajstić information content (AvgIpc) is 2.70. The molecular formula is C9H6BrFN4OS. The number of rotatable bonds is 2. The molecule has 0 saturated heterocycles. The Morgan fingerprint density at radius 3 is 2.82 bits per heavy atom. The lowest BCUT2D eigenvalue weighted by molar-refractivity contribution is 0.102. The molecule has 88 valence electrons. The van der Waals surface area contributed by atoms with Gasteiger partial charge >= 0.3 is 0 Å². The Hall–Kier alpha value is -1.54. The summed E-state index contributed by atoms with van der Waals surface area (Å²) in [6.45, 7) is 0. The summed E-state index contributed by atoms with van der Waals surface area (Å²) in [4.78, 5) is 11.7. The standard InChI is InChI=1S/C9H6BrFN4OS/c10-4-2-1-3-5(11)6(4)13-7(16)8-14-15-9(12)17-8/h1-3H,(H2,12,15)(H,13,16). The minimum absolute atomic E-state index is 0.0614. The van der Waals surface area contributed by atoms with E-state index in [-0.39, 0.29) is 15.8 Å². The van der Waals surface area contributed by atoms with Crippen LogP contribution in [0.4, 0.5) is 15.2 Å². The van der Waals surface area contributed by atoms with Gasteiger partial charge in [-0.2, -0.15) is 0 Å². The van der Waals surface area contributed by atoms with E-state index in [0.29, 0.717) is 4.47 Å². The zero-order valence-electron chi connectivity index (χ0n) is 8.28. The molecule has 8 heteroatoms. The quantitative estimate of drug-likeness (QED) is 0.890. The number of nitrogens with one attached hydrogen (secondary N) is 1. The second kappa shape index (κ2) is 4.76. The first kappa shape index (κ1) is 11.9. The number of halogens is 2. The number of nitrogens with zero attached hydrogens (tertiary/aromatic N) is 2. The SMILES string of the molecule is Nc1nnc(C(=O)Nc2c(F)cccc2Br)s1. The Kier molecular flexibility index (Phi) is 3.34. The van der Waals surface area contributed by atoms with Crippen molar-refractivity contribution in [2.24, 2.45) is 0 Å². The van der Waals surface area contributed by atoms with Crippen molar-refractivity contribution in [3.05, 3.63) is 33.5 Å². The Morgan fingerprint density at radius 1 is 1.47 bits per heavy atom. The van der Waals surface area contributed by atoms with E-state index in [9.17, 15) is 9.18 Å². The number of anilines is 2. The molecular weight excluding hydrogens is 311 g/mol. The molecule has 0 aliphatic carbocycles. The molecule has 2 aromatic rings. The molecule has 17 heavy (non-hydrogen) atoms. The summed E-state index contributed by atoms with van der Waals surface area (Å²) in [6, 6.07) is 4.39. The molecule has 0 radical (unpaired) electrons. The second-order valence-corrected chi connectivity index (χ2v) is 4.86. The van der Waals surface area contributed by atoms with Gasteiger partial charge in [0.15, 0.2) is 0 Å². The first-order chi connectivity index (χ1) is 8.08. The maximum absolute atomic E-state index is 13.4. The fourth-order valence-corrected chi connectivity index (χ4v) is 2.06. The maximum Gasteiger partial charge on any atom is 0.286 e. The molecule has 1 aromatic carbocycles. The van der Waals surface area contributed by atoms with Crippen molar-refractivity contribution in [1.82, 2.24) is 10.2 Å². The van der Waals surface area contributed by atoms with Crippen molar-refractivity contribution in [2.75, 3.05) is 11.1 Å². The van der Waals surface area contributed by atoms with Crippen LogP contribution < -0.4 is 11.1 Å². The lowest BCUT2D eigenvalue weighted by Crippen LogP contribution is -2.13. The van der Waals surface area contributed by atoms with Crippen molar-refractivity contribution in [1.29, 1.82) is 0 Å². The van der Waals surface area contributed by atoms with Gasteiger partial charge < -0.3 is 11.1 Å². The normalized spacial score (nSPS) is 10.2. The summed E-state index contributed by atoms with van der Waals surface area (Å²) >= 11 is 4.07. The van der Waals surface area contributed by atoms with Gasteiger partial charge in [0.25, 0.3) is 5.91 Å². The maximum atomic E-state index is 13.4. The third kappa shape index (κ3) is 2.59. The van der Waals surface area contributed by atoms with E-state index in [2.05, 4.69) is 31.4 Å². The van der Waals surface area contributed by atoms with Crippen LogP contribution in [0.25, 0.3) is 0 Å². The monoisotopic (exact) mass is 316 g/mol. The van der Waals surface area contributed by atoms with Crippen LogP contribution in [0.3, 0.4) is 0 Å². The van der Waals surface area contributed by atoms with Crippen molar-refractivity contribution in [2.45, 2.75) is 0 Å². The number of aromatic nitrogens is 2. The molecule has 0 atom stereocenters. The first-order valence-electron chi connectivity index (χ1n) is 4.42. The topological polar surface area (TPSA) is 80.9 Å². The molecule has 2 rings (SSSR count). The van der Waals surface area contributed by atoms with Gasteiger partial charge in [0.1, 0.15) is 5.82 Å². The van der Waals surface area contributed by atoms with E-state index in [4.69, 9.17) is 5.73 Å². The molecule has 1 heterocycles. The molecule has 0 saturated carbocycles. The van der Waals surface area contributed by atoms with E-state index < -0.39 is 11.7 Å². The van der Waals surface area contributed by atoms with E-state index in [1.54, 1.807) is 6.07 Å². The van der Waals surface area contributed by atoms with Crippen molar-refractivity contribution < 1.29 is 9.18 Å². The lowest BCUT2D eigenvalue weighted by Gasteiger charge is -2.06. The molecule has 0 unspecified atom stereocenters. The zero-order valence-corrected chi connectivity index (χ0v) is 10.7.